The van der Waals surface area contributed by atoms with Crippen molar-refractivity contribution in [3.8, 4) is 0 Å². The highest BCUT2D eigenvalue weighted by Gasteiger charge is 2.18. The smallest absolute Gasteiger partial charge is 0.107 e. The van der Waals surface area contributed by atoms with Gasteiger partial charge in [-0.15, -0.1) is 11.3 Å². The first-order valence-electron chi connectivity index (χ1n) is 8.08. The van der Waals surface area contributed by atoms with E-state index in [1.165, 1.54) is 43.0 Å². The number of nitrogens with one attached hydrogen (secondary N) is 1. The van der Waals surface area contributed by atoms with Crippen molar-refractivity contribution in [1.82, 2.24) is 15.3 Å². The average molecular weight is 316 g/mol. The molecule has 0 amide bonds. The number of nitrogens with zero attached hydrogens (tertiary/aromatic N) is 3. The van der Waals surface area contributed by atoms with Crippen molar-refractivity contribution in [2.24, 2.45) is 5.92 Å². The maximum Gasteiger partial charge on any atom is 0.107 e. The van der Waals surface area contributed by atoms with Gasteiger partial charge in [0.15, 0.2) is 0 Å². The molecule has 3 rings (SSSR count). The predicted molar refractivity (Wildman–Crippen MR) is 92.3 cm³/mol. The summed E-state index contributed by atoms with van der Waals surface area (Å²) in [6.07, 6.45) is 7.62. The van der Waals surface area contributed by atoms with E-state index in [9.17, 15) is 0 Å². The first kappa shape index (κ1) is 15.4. The van der Waals surface area contributed by atoms with E-state index in [0.29, 0.717) is 0 Å². The largest absolute Gasteiger partial charge is 0.371 e. The molecule has 4 nitrogen and oxygen atoms in total. The fraction of sp³-hybridized carbons (Fsp3) is 0.529. The zero-order valence-corrected chi connectivity index (χ0v) is 14.0. The number of aromatic nitrogens is 2. The molecular formula is C17H24N4S. The van der Waals surface area contributed by atoms with Gasteiger partial charge in [-0.05, 0) is 50.8 Å². The van der Waals surface area contributed by atoms with Gasteiger partial charge >= 0.3 is 0 Å². The maximum absolute atomic E-state index is 4.48. The molecule has 1 aliphatic heterocycles. The Kier molecular flexibility index (Phi) is 5.40. The molecule has 0 radical (unpaired) electrons. The molecule has 22 heavy (non-hydrogen) atoms. The Morgan fingerprint density at radius 2 is 2.05 bits per heavy atom. The summed E-state index contributed by atoms with van der Waals surface area (Å²) >= 11 is 1.75. The zero-order chi connectivity index (χ0) is 15.2. The number of anilines is 1. The van der Waals surface area contributed by atoms with Gasteiger partial charge in [-0.3, -0.25) is 4.98 Å². The Balaban J connectivity index is 1.34. The van der Waals surface area contributed by atoms with Crippen LogP contribution in [-0.2, 0) is 6.54 Å². The summed E-state index contributed by atoms with van der Waals surface area (Å²) in [6, 6.07) is 4.22. The molecule has 0 saturated carbocycles. The fourth-order valence-electron chi connectivity index (χ4n) is 3.02. The minimum atomic E-state index is 0.851. The Morgan fingerprint density at radius 1 is 1.27 bits per heavy atom. The third-order valence-corrected chi connectivity index (χ3v) is 5.28. The van der Waals surface area contributed by atoms with E-state index in [-0.39, 0.29) is 0 Å². The Bertz CT molecular complexity index is 561. The van der Waals surface area contributed by atoms with Gasteiger partial charge in [0, 0.05) is 48.8 Å². The van der Waals surface area contributed by atoms with Crippen LogP contribution in [0.15, 0.2) is 29.9 Å². The third kappa shape index (κ3) is 4.27. The van der Waals surface area contributed by atoms with Gasteiger partial charge in [0.1, 0.15) is 5.01 Å². The molecule has 2 aromatic heterocycles. The van der Waals surface area contributed by atoms with Crippen LogP contribution < -0.4 is 10.2 Å². The summed E-state index contributed by atoms with van der Waals surface area (Å²) < 4.78 is 0. The van der Waals surface area contributed by atoms with E-state index in [0.717, 1.165) is 24.7 Å². The number of thiazole rings is 1. The predicted octanol–water partition coefficient (Wildman–Crippen LogP) is 3.24. The Labute approximate surface area is 136 Å². The number of hydrogen-bond acceptors (Lipinski definition) is 5. The number of hydrogen-bond donors (Lipinski definition) is 1. The van der Waals surface area contributed by atoms with Gasteiger partial charge in [-0.25, -0.2) is 4.98 Å². The summed E-state index contributed by atoms with van der Waals surface area (Å²) in [5.41, 5.74) is 2.44. The molecule has 1 saturated heterocycles. The van der Waals surface area contributed by atoms with Crippen LogP contribution in [-0.4, -0.2) is 29.6 Å². The summed E-state index contributed by atoms with van der Waals surface area (Å²) in [7, 11) is 0. The molecule has 0 spiro atoms. The first-order valence-corrected chi connectivity index (χ1v) is 8.96. The SMILES string of the molecule is Cc1csc(CNCCC2CCN(c3ccncc3)CC2)n1. The van der Waals surface area contributed by atoms with E-state index in [2.05, 4.69) is 44.6 Å². The molecule has 0 bridgehead atoms. The molecule has 0 aliphatic carbocycles. The van der Waals surface area contributed by atoms with Crippen molar-refractivity contribution in [3.05, 3.63) is 40.6 Å². The Hall–Kier alpha value is -1.46. The highest BCUT2D eigenvalue weighted by atomic mass is 32.1. The van der Waals surface area contributed by atoms with Crippen LogP contribution in [0.3, 0.4) is 0 Å². The number of pyridine rings is 1. The van der Waals surface area contributed by atoms with Crippen molar-refractivity contribution in [3.63, 3.8) is 0 Å². The van der Waals surface area contributed by atoms with Crippen LogP contribution in [0, 0.1) is 12.8 Å². The summed E-state index contributed by atoms with van der Waals surface area (Å²) in [4.78, 5) is 11.1. The highest BCUT2D eigenvalue weighted by Crippen LogP contribution is 2.24. The summed E-state index contributed by atoms with van der Waals surface area (Å²) in [5, 5.41) is 6.85. The maximum atomic E-state index is 4.48. The zero-order valence-electron chi connectivity index (χ0n) is 13.2. The summed E-state index contributed by atoms with van der Waals surface area (Å²) in [5.74, 6) is 0.851. The van der Waals surface area contributed by atoms with Crippen LogP contribution in [0.2, 0.25) is 0 Å². The Morgan fingerprint density at radius 3 is 2.73 bits per heavy atom. The topological polar surface area (TPSA) is 41.0 Å². The second-order valence-corrected chi connectivity index (χ2v) is 6.93. The molecule has 2 aromatic rings. The highest BCUT2D eigenvalue weighted by molar-refractivity contribution is 7.09. The van der Waals surface area contributed by atoms with Gasteiger partial charge in [-0.2, -0.15) is 0 Å². The monoisotopic (exact) mass is 316 g/mol. The number of aryl methyl sites for hydroxylation is 1. The molecular weight excluding hydrogens is 292 g/mol. The second kappa shape index (κ2) is 7.70. The number of piperidine rings is 1. The van der Waals surface area contributed by atoms with Crippen LogP contribution in [0.25, 0.3) is 0 Å². The average Bonchev–Trinajstić information content (AvgIpc) is 2.98. The van der Waals surface area contributed by atoms with Crippen molar-refractivity contribution in [2.45, 2.75) is 32.7 Å². The normalized spacial score (nSPS) is 16.1. The first-order chi connectivity index (χ1) is 10.8. The molecule has 3 heterocycles. The van der Waals surface area contributed by atoms with Crippen LogP contribution in [0.5, 0.6) is 0 Å². The van der Waals surface area contributed by atoms with Crippen LogP contribution in [0.1, 0.15) is 30.0 Å². The van der Waals surface area contributed by atoms with Gasteiger partial charge in [-0.1, -0.05) is 0 Å². The van der Waals surface area contributed by atoms with E-state index < -0.39 is 0 Å². The van der Waals surface area contributed by atoms with E-state index in [1.54, 1.807) is 11.3 Å². The minimum absolute atomic E-state index is 0.851. The fourth-order valence-corrected chi connectivity index (χ4v) is 3.76. The minimum Gasteiger partial charge on any atom is -0.371 e. The number of rotatable bonds is 6. The molecule has 0 unspecified atom stereocenters. The van der Waals surface area contributed by atoms with Crippen molar-refractivity contribution in [2.75, 3.05) is 24.5 Å². The van der Waals surface area contributed by atoms with Gasteiger partial charge in [0.05, 0.1) is 0 Å². The molecule has 5 heteroatoms. The van der Waals surface area contributed by atoms with Gasteiger partial charge in [0.25, 0.3) is 0 Å². The van der Waals surface area contributed by atoms with Crippen molar-refractivity contribution >= 4 is 17.0 Å². The molecule has 1 fully saturated rings. The molecule has 1 N–H and O–H groups in total. The third-order valence-electron chi connectivity index (χ3n) is 4.31. The van der Waals surface area contributed by atoms with Gasteiger partial charge < -0.3 is 10.2 Å². The van der Waals surface area contributed by atoms with Crippen molar-refractivity contribution < 1.29 is 0 Å². The van der Waals surface area contributed by atoms with Crippen molar-refractivity contribution in [1.29, 1.82) is 0 Å². The van der Waals surface area contributed by atoms with E-state index in [1.807, 2.05) is 12.4 Å². The lowest BCUT2D eigenvalue weighted by atomic mass is 9.93. The quantitative estimate of drug-likeness (QED) is 0.831. The lowest BCUT2D eigenvalue weighted by Gasteiger charge is -2.33. The summed E-state index contributed by atoms with van der Waals surface area (Å²) in [6.45, 7) is 6.39. The van der Waals surface area contributed by atoms with Crippen LogP contribution in [0.4, 0.5) is 5.69 Å². The molecule has 1 aliphatic rings. The van der Waals surface area contributed by atoms with Crippen LogP contribution >= 0.6 is 11.3 Å². The molecule has 118 valence electrons. The molecule has 0 atom stereocenters. The molecule has 0 aromatic carbocycles. The van der Waals surface area contributed by atoms with Gasteiger partial charge in [0.2, 0.25) is 0 Å². The second-order valence-electron chi connectivity index (χ2n) is 5.98. The standard InChI is InChI=1S/C17H24N4S/c1-14-13-22-17(20-14)12-19-7-2-15-5-10-21(11-6-15)16-3-8-18-9-4-16/h3-4,8-9,13,15,19H,2,5-7,10-12H2,1H3. The van der Waals surface area contributed by atoms with E-state index in [4.69, 9.17) is 0 Å². The lowest BCUT2D eigenvalue weighted by Crippen LogP contribution is -2.34. The lowest BCUT2D eigenvalue weighted by molar-refractivity contribution is 0.373. The van der Waals surface area contributed by atoms with E-state index >= 15 is 0 Å².